The van der Waals surface area contributed by atoms with Crippen LogP contribution in [0.5, 0.6) is 5.75 Å². The van der Waals surface area contributed by atoms with Crippen molar-refractivity contribution in [2.45, 2.75) is 10.7 Å². The fourth-order valence-electron chi connectivity index (χ4n) is 2.00. The molecule has 130 valence electrons. The zero-order valence-corrected chi connectivity index (χ0v) is 14.2. The molecule has 3 rings (SSSR count). The number of alkyl halides is 2. The number of aromatic nitrogens is 1. The monoisotopic (exact) mass is 384 g/mol. The molecule has 9 heteroatoms. The van der Waals surface area contributed by atoms with Crippen LogP contribution in [-0.2, 0) is 4.79 Å². The van der Waals surface area contributed by atoms with E-state index in [0.29, 0.717) is 32.0 Å². The van der Waals surface area contributed by atoms with Gasteiger partial charge in [0.05, 0.1) is 10.2 Å². The van der Waals surface area contributed by atoms with E-state index >= 15 is 0 Å². The van der Waals surface area contributed by atoms with Gasteiger partial charge >= 0.3 is 0 Å². The van der Waals surface area contributed by atoms with Crippen molar-refractivity contribution in [3.63, 3.8) is 0 Å². The predicted octanol–water partition coefficient (Wildman–Crippen LogP) is 4.77. The maximum atomic E-state index is 13.4. The molecular weight excluding hydrogens is 373 g/mol. The first-order valence-corrected chi connectivity index (χ1v) is 8.73. The summed E-state index contributed by atoms with van der Waals surface area (Å²) in [5, 5.41) is 2.86. The first kappa shape index (κ1) is 17.6. The maximum Gasteiger partial charge on any atom is 0.288 e. The fourth-order valence-corrected chi connectivity index (χ4v) is 3.53. The average molecular weight is 384 g/mol. The van der Waals surface area contributed by atoms with Crippen molar-refractivity contribution in [2.24, 2.45) is 0 Å². The number of hydrogen-bond donors (Lipinski definition) is 1. The second-order valence-electron chi connectivity index (χ2n) is 4.79. The fraction of sp³-hybridized carbons (Fsp3) is 0.125. The Bertz CT molecular complexity index is 902. The van der Waals surface area contributed by atoms with E-state index in [2.05, 4.69) is 10.3 Å². The van der Waals surface area contributed by atoms with Crippen molar-refractivity contribution in [1.82, 2.24) is 4.98 Å². The number of nitrogens with one attached hydrogen (secondary N) is 1. The summed E-state index contributed by atoms with van der Waals surface area (Å²) < 4.78 is 44.0. The number of ether oxygens (including phenoxy) is 1. The van der Waals surface area contributed by atoms with E-state index in [1.54, 1.807) is 24.3 Å². The molecule has 1 N–H and O–H groups in total. The van der Waals surface area contributed by atoms with Crippen LogP contribution in [0.15, 0.2) is 47.4 Å². The van der Waals surface area contributed by atoms with Gasteiger partial charge < -0.3 is 4.74 Å². The molecule has 1 heterocycles. The van der Waals surface area contributed by atoms with Crippen LogP contribution in [0.2, 0.25) is 0 Å². The molecule has 25 heavy (non-hydrogen) atoms. The predicted molar refractivity (Wildman–Crippen MR) is 92.0 cm³/mol. The van der Waals surface area contributed by atoms with E-state index in [4.69, 9.17) is 4.74 Å². The lowest BCUT2D eigenvalue weighted by molar-refractivity contribution is -0.118. The highest BCUT2D eigenvalue weighted by molar-refractivity contribution is 7.99. The molecule has 0 saturated carbocycles. The molecule has 0 aliphatic carbocycles. The lowest BCUT2D eigenvalue weighted by Gasteiger charge is -2.06. The van der Waals surface area contributed by atoms with Gasteiger partial charge in [-0.2, -0.15) is 8.78 Å². The van der Waals surface area contributed by atoms with Gasteiger partial charge in [0, 0.05) is 4.90 Å². The first-order chi connectivity index (χ1) is 12.0. The topological polar surface area (TPSA) is 51.2 Å². The molecule has 4 nitrogen and oxygen atoms in total. The minimum Gasteiger partial charge on any atom is -0.481 e. The van der Waals surface area contributed by atoms with Gasteiger partial charge in [-0.05, 0) is 30.3 Å². The minimum absolute atomic E-state index is 0.0179. The van der Waals surface area contributed by atoms with Crippen LogP contribution in [0.4, 0.5) is 18.3 Å². The van der Waals surface area contributed by atoms with E-state index in [9.17, 15) is 18.0 Å². The van der Waals surface area contributed by atoms with Crippen LogP contribution in [-0.4, -0.2) is 23.3 Å². The van der Waals surface area contributed by atoms with Gasteiger partial charge in [-0.3, -0.25) is 10.1 Å². The smallest absolute Gasteiger partial charge is 0.288 e. The Balaban J connectivity index is 1.64. The highest BCUT2D eigenvalue weighted by atomic mass is 32.2. The van der Waals surface area contributed by atoms with Crippen LogP contribution >= 0.6 is 23.1 Å². The number of para-hydroxylation sites is 1. The molecule has 0 atom stereocenters. The van der Waals surface area contributed by atoms with Crippen molar-refractivity contribution in [3.05, 3.63) is 48.3 Å². The third kappa shape index (κ3) is 4.64. The molecule has 0 fully saturated rings. The molecule has 0 saturated heterocycles. The molecule has 0 unspecified atom stereocenters. The van der Waals surface area contributed by atoms with Crippen LogP contribution in [0.25, 0.3) is 10.2 Å². The summed E-state index contributed by atoms with van der Waals surface area (Å²) in [6.45, 7) is -0.372. The normalized spacial score (nSPS) is 11.0. The Morgan fingerprint density at radius 3 is 2.84 bits per heavy atom. The molecule has 1 amide bonds. The van der Waals surface area contributed by atoms with Crippen molar-refractivity contribution in [2.75, 3.05) is 11.9 Å². The van der Waals surface area contributed by atoms with Gasteiger partial charge in [-0.25, -0.2) is 9.37 Å². The number of anilines is 1. The van der Waals surface area contributed by atoms with Gasteiger partial charge in [-0.1, -0.05) is 35.2 Å². The molecule has 0 radical (unpaired) electrons. The lowest BCUT2D eigenvalue weighted by atomic mass is 10.3. The Labute approximate surface area is 149 Å². The largest absolute Gasteiger partial charge is 0.481 e. The highest BCUT2D eigenvalue weighted by Crippen LogP contribution is 2.32. The molecule has 0 spiro atoms. The van der Waals surface area contributed by atoms with Gasteiger partial charge in [0.2, 0.25) is 0 Å². The Kier molecular flexibility index (Phi) is 5.44. The minimum atomic E-state index is -2.50. The summed E-state index contributed by atoms with van der Waals surface area (Å²) in [4.78, 5) is 16.5. The Morgan fingerprint density at radius 2 is 2.08 bits per heavy atom. The first-order valence-electron chi connectivity index (χ1n) is 7.04. The van der Waals surface area contributed by atoms with Crippen molar-refractivity contribution >= 4 is 44.4 Å². The second-order valence-corrected chi connectivity index (χ2v) is 6.89. The van der Waals surface area contributed by atoms with Gasteiger partial charge in [0.1, 0.15) is 0 Å². The number of hydrogen-bond acceptors (Lipinski definition) is 5. The molecule has 0 aliphatic heterocycles. The Hall–Kier alpha value is -2.26. The third-order valence-electron chi connectivity index (χ3n) is 3.03. The number of amides is 1. The van der Waals surface area contributed by atoms with Crippen LogP contribution < -0.4 is 10.1 Å². The number of halogens is 3. The SMILES string of the molecule is O=C(COc1ccccc1F)Nc1nc2ccc(SC(F)F)cc2s1. The van der Waals surface area contributed by atoms with Crippen molar-refractivity contribution < 1.29 is 22.7 Å². The molecule has 0 aliphatic rings. The lowest BCUT2D eigenvalue weighted by Crippen LogP contribution is -2.20. The zero-order chi connectivity index (χ0) is 17.8. The summed E-state index contributed by atoms with van der Waals surface area (Å²) in [6, 6.07) is 10.5. The van der Waals surface area contributed by atoms with Crippen LogP contribution in [0.1, 0.15) is 0 Å². The van der Waals surface area contributed by atoms with Gasteiger partial charge in [0.15, 0.2) is 23.3 Å². The number of thioether (sulfide) groups is 1. The third-order valence-corrected chi connectivity index (χ3v) is 4.66. The van der Waals surface area contributed by atoms with E-state index < -0.39 is 17.5 Å². The van der Waals surface area contributed by atoms with E-state index in [1.165, 1.54) is 18.2 Å². The molecule has 2 aromatic carbocycles. The van der Waals surface area contributed by atoms with Gasteiger partial charge in [0.25, 0.3) is 11.7 Å². The number of carbonyl (C=O) groups is 1. The zero-order valence-electron chi connectivity index (χ0n) is 12.5. The number of rotatable bonds is 6. The molecule has 1 aromatic heterocycles. The highest BCUT2D eigenvalue weighted by Gasteiger charge is 2.12. The standard InChI is InChI=1S/C16H11F3N2O2S2/c17-10-3-1-2-4-12(10)23-8-14(22)21-16-20-11-6-5-9(24-15(18)19)7-13(11)25-16/h1-7,15H,8H2,(H,20,21,22). The molecule has 3 aromatic rings. The Morgan fingerprint density at radius 1 is 1.28 bits per heavy atom. The molecule has 0 bridgehead atoms. The number of benzene rings is 2. The van der Waals surface area contributed by atoms with Crippen LogP contribution in [0.3, 0.4) is 0 Å². The molecular formula is C16H11F3N2O2S2. The average Bonchev–Trinajstić information content (AvgIpc) is 2.95. The summed E-state index contributed by atoms with van der Waals surface area (Å²) in [6.07, 6.45) is 0. The second kappa shape index (κ2) is 7.75. The summed E-state index contributed by atoms with van der Waals surface area (Å²) in [5.41, 5.74) is 0.592. The van der Waals surface area contributed by atoms with Crippen molar-refractivity contribution in [1.29, 1.82) is 0 Å². The van der Waals surface area contributed by atoms with E-state index in [1.807, 2.05) is 0 Å². The number of thiazole rings is 1. The number of carbonyl (C=O) groups excluding carboxylic acids is 1. The number of fused-ring (bicyclic) bond motifs is 1. The van der Waals surface area contributed by atoms with Crippen molar-refractivity contribution in [3.8, 4) is 5.75 Å². The van der Waals surface area contributed by atoms with Crippen LogP contribution in [0, 0.1) is 5.82 Å². The summed E-state index contributed by atoms with van der Waals surface area (Å²) in [5.74, 6) is -3.57. The quantitative estimate of drug-likeness (QED) is 0.622. The van der Waals surface area contributed by atoms with E-state index in [-0.39, 0.29) is 12.4 Å². The maximum absolute atomic E-state index is 13.4. The van der Waals surface area contributed by atoms with E-state index in [0.717, 1.165) is 11.3 Å². The van der Waals surface area contributed by atoms with Gasteiger partial charge in [-0.15, -0.1) is 0 Å². The summed E-state index contributed by atoms with van der Waals surface area (Å²) >= 11 is 1.61. The summed E-state index contributed by atoms with van der Waals surface area (Å²) in [7, 11) is 0. The number of nitrogens with zero attached hydrogens (tertiary/aromatic N) is 1.